The van der Waals surface area contributed by atoms with Crippen molar-refractivity contribution < 1.29 is 18.0 Å². The summed E-state index contributed by atoms with van der Waals surface area (Å²) in [7, 11) is 0. The molecule has 0 bridgehead atoms. The first-order chi connectivity index (χ1) is 6.45. The van der Waals surface area contributed by atoms with Crippen molar-refractivity contribution in [2.45, 2.75) is 6.43 Å². The standard InChI is InChI=1S/C7H6F3N3O/c8-4-2(5(9)10)1-13-6(11)3(4)7(12)14/h1,5H,(H2,11,13)(H2,12,14). The summed E-state index contributed by atoms with van der Waals surface area (Å²) in [6.45, 7) is 0. The average molecular weight is 205 g/mol. The van der Waals surface area contributed by atoms with Crippen molar-refractivity contribution in [3.8, 4) is 0 Å². The van der Waals surface area contributed by atoms with Gasteiger partial charge in [0.25, 0.3) is 12.3 Å². The van der Waals surface area contributed by atoms with Gasteiger partial charge in [0.2, 0.25) is 0 Å². The van der Waals surface area contributed by atoms with Crippen LogP contribution >= 0.6 is 0 Å². The molecule has 1 aromatic heterocycles. The Morgan fingerprint density at radius 2 is 2.07 bits per heavy atom. The maximum atomic E-state index is 13.1. The third-order valence-electron chi connectivity index (χ3n) is 1.55. The van der Waals surface area contributed by atoms with E-state index >= 15 is 0 Å². The summed E-state index contributed by atoms with van der Waals surface area (Å²) in [5.74, 6) is -3.14. The Morgan fingerprint density at radius 3 is 2.50 bits per heavy atom. The van der Waals surface area contributed by atoms with E-state index in [4.69, 9.17) is 11.5 Å². The molecule has 0 saturated carbocycles. The maximum Gasteiger partial charge on any atom is 0.268 e. The first kappa shape index (κ1) is 10.3. The second kappa shape index (κ2) is 3.52. The first-order valence-electron chi connectivity index (χ1n) is 3.47. The van der Waals surface area contributed by atoms with Gasteiger partial charge in [-0.2, -0.15) is 0 Å². The van der Waals surface area contributed by atoms with Gasteiger partial charge in [-0.15, -0.1) is 0 Å². The van der Waals surface area contributed by atoms with E-state index in [0.717, 1.165) is 0 Å². The minimum atomic E-state index is -3.07. The number of alkyl halides is 2. The van der Waals surface area contributed by atoms with E-state index in [1.165, 1.54) is 0 Å². The molecule has 14 heavy (non-hydrogen) atoms. The van der Waals surface area contributed by atoms with Crippen LogP contribution in [-0.4, -0.2) is 10.9 Å². The second-order valence-corrected chi connectivity index (χ2v) is 2.45. The van der Waals surface area contributed by atoms with Gasteiger partial charge in [0.05, 0.1) is 5.56 Å². The lowest BCUT2D eigenvalue weighted by molar-refractivity contribution is 0.0995. The predicted molar refractivity (Wildman–Crippen MR) is 42.1 cm³/mol. The number of rotatable bonds is 2. The van der Waals surface area contributed by atoms with Crippen LogP contribution < -0.4 is 11.5 Å². The van der Waals surface area contributed by atoms with Gasteiger partial charge in [0.1, 0.15) is 17.2 Å². The lowest BCUT2D eigenvalue weighted by atomic mass is 10.1. The molecular weight excluding hydrogens is 199 g/mol. The Hall–Kier alpha value is -1.79. The zero-order chi connectivity index (χ0) is 10.9. The van der Waals surface area contributed by atoms with Crippen LogP contribution in [0.25, 0.3) is 0 Å². The fourth-order valence-corrected chi connectivity index (χ4v) is 0.904. The molecule has 0 aliphatic rings. The molecule has 0 saturated heterocycles. The van der Waals surface area contributed by atoms with Crippen molar-refractivity contribution in [1.82, 2.24) is 4.98 Å². The number of nitrogen functional groups attached to an aromatic ring is 1. The van der Waals surface area contributed by atoms with E-state index in [1.807, 2.05) is 0 Å². The van der Waals surface area contributed by atoms with Gasteiger partial charge in [-0.05, 0) is 0 Å². The van der Waals surface area contributed by atoms with E-state index in [0.29, 0.717) is 6.20 Å². The Bertz CT molecular complexity index is 381. The van der Waals surface area contributed by atoms with Crippen molar-refractivity contribution in [3.63, 3.8) is 0 Å². The highest BCUT2D eigenvalue weighted by molar-refractivity contribution is 5.97. The lowest BCUT2D eigenvalue weighted by Crippen LogP contribution is -2.18. The molecule has 0 aliphatic heterocycles. The number of hydrogen-bond acceptors (Lipinski definition) is 3. The molecule has 0 aromatic carbocycles. The van der Waals surface area contributed by atoms with Gasteiger partial charge in [-0.1, -0.05) is 0 Å². The Labute approximate surface area is 76.7 Å². The van der Waals surface area contributed by atoms with Gasteiger partial charge in [0, 0.05) is 6.20 Å². The number of primary amides is 1. The quantitative estimate of drug-likeness (QED) is 0.750. The molecule has 1 aromatic rings. The number of carbonyl (C=O) groups excluding carboxylic acids is 1. The van der Waals surface area contributed by atoms with Crippen LogP contribution in [0.1, 0.15) is 22.3 Å². The van der Waals surface area contributed by atoms with Crippen LogP contribution in [0.15, 0.2) is 6.20 Å². The highest BCUT2D eigenvalue weighted by atomic mass is 19.3. The van der Waals surface area contributed by atoms with Crippen molar-refractivity contribution in [2.24, 2.45) is 5.73 Å². The lowest BCUT2D eigenvalue weighted by Gasteiger charge is -2.06. The van der Waals surface area contributed by atoms with E-state index in [1.54, 1.807) is 0 Å². The summed E-state index contributed by atoms with van der Waals surface area (Å²) in [4.78, 5) is 13.9. The summed E-state index contributed by atoms with van der Waals surface area (Å²) in [5, 5.41) is 0. The number of halogens is 3. The van der Waals surface area contributed by atoms with Crippen LogP contribution in [0.3, 0.4) is 0 Å². The third kappa shape index (κ3) is 1.61. The van der Waals surface area contributed by atoms with E-state index < -0.39 is 35.1 Å². The number of amides is 1. The molecule has 76 valence electrons. The number of hydrogen-bond donors (Lipinski definition) is 2. The molecule has 1 rings (SSSR count). The molecule has 1 heterocycles. The Morgan fingerprint density at radius 1 is 1.50 bits per heavy atom. The minimum absolute atomic E-state index is 0.501. The first-order valence-corrected chi connectivity index (χ1v) is 3.47. The second-order valence-electron chi connectivity index (χ2n) is 2.45. The molecule has 7 heteroatoms. The molecule has 1 amide bonds. The number of nitrogens with zero attached hydrogens (tertiary/aromatic N) is 1. The summed E-state index contributed by atoms with van der Waals surface area (Å²) in [6, 6.07) is 0. The van der Waals surface area contributed by atoms with Gasteiger partial charge in [0.15, 0.2) is 0 Å². The summed E-state index contributed by atoms with van der Waals surface area (Å²) in [5.41, 5.74) is 8.04. The SMILES string of the molecule is NC(=O)c1c(N)ncc(C(F)F)c1F. The van der Waals surface area contributed by atoms with Crippen LogP contribution in [0.2, 0.25) is 0 Å². The monoisotopic (exact) mass is 205 g/mol. The minimum Gasteiger partial charge on any atom is -0.383 e. The predicted octanol–water partition coefficient (Wildman–Crippen LogP) is 0.839. The third-order valence-corrected chi connectivity index (χ3v) is 1.55. The molecule has 0 atom stereocenters. The van der Waals surface area contributed by atoms with Gasteiger partial charge in [-0.25, -0.2) is 18.2 Å². The van der Waals surface area contributed by atoms with E-state index in [-0.39, 0.29) is 0 Å². The fraction of sp³-hybridized carbons (Fsp3) is 0.143. The number of pyridine rings is 1. The van der Waals surface area contributed by atoms with Crippen molar-refractivity contribution in [1.29, 1.82) is 0 Å². The van der Waals surface area contributed by atoms with Gasteiger partial charge in [-0.3, -0.25) is 4.79 Å². The number of aromatic nitrogens is 1. The van der Waals surface area contributed by atoms with Crippen LogP contribution in [0.5, 0.6) is 0 Å². The molecule has 4 nitrogen and oxygen atoms in total. The Balaban J connectivity index is 3.41. The van der Waals surface area contributed by atoms with Crippen LogP contribution in [0.4, 0.5) is 19.0 Å². The maximum absolute atomic E-state index is 13.1. The summed E-state index contributed by atoms with van der Waals surface area (Å²) < 4.78 is 37.4. The molecule has 0 aliphatic carbocycles. The molecule has 0 unspecified atom stereocenters. The zero-order valence-electron chi connectivity index (χ0n) is 6.80. The smallest absolute Gasteiger partial charge is 0.268 e. The Kier molecular flexibility index (Phi) is 2.59. The normalized spacial score (nSPS) is 10.6. The van der Waals surface area contributed by atoms with Crippen LogP contribution in [-0.2, 0) is 0 Å². The largest absolute Gasteiger partial charge is 0.383 e. The number of anilines is 1. The molecule has 0 radical (unpaired) electrons. The zero-order valence-corrected chi connectivity index (χ0v) is 6.80. The molecule has 0 fully saturated rings. The number of nitrogens with two attached hydrogens (primary N) is 2. The fourth-order valence-electron chi connectivity index (χ4n) is 0.904. The summed E-state index contributed by atoms with van der Waals surface area (Å²) in [6.07, 6.45) is -2.50. The summed E-state index contributed by atoms with van der Waals surface area (Å²) >= 11 is 0. The number of carbonyl (C=O) groups is 1. The van der Waals surface area contributed by atoms with Crippen molar-refractivity contribution >= 4 is 11.7 Å². The van der Waals surface area contributed by atoms with Gasteiger partial charge < -0.3 is 11.5 Å². The molecule has 4 N–H and O–H groups in total. The highest BCUT2D eigenvalue weighted by Gasteiger charge is 2.22. The van der Waals surface area contributed by atoms with Crippen molar-refractivity contribution in [2.75, 3.05) is 5.73 Å². The topological polar surface area (TPSA) is 82.0 Å². The van der Waals surface area contributed by atoms with Crippen LogP contribution in [0, 0.1) is 5.82 Å². The molecular formula is C7H6F3N3O. The van der Waals surface area contributed by atoms with E-state index in [2.05, 4.69) is 4.98 Å². The van der Waals surface area contributed by atoms with Crippen molar-refractivity contribution in [3.05, 3.63) is 23.1 Å². The average Bonchev–Trinajstić information content (AvgIpc) is 2.02. The highest BCUT2D eigenvalue weighted by Crippen LogP contribution is 2.25. The molecule has 0 spiro atoms. The van der Waals surface area contributed by atoms with Gasteiger partial charge >= 0.3 is 0 Å². The van der Waals surface area contributed by atoms with E-state index in [9.17, 15) is 18.0 Å².